The minimum absolute atomic E-state index is 0.0980. The third-order valence-electron chi connectivity index (χ3n) is 4.93. The second-order valence-corrected chi connectivity index (χ2v) is 10.2. The molecular weight excluding hydrogens is 383 g/mol. The molecule has 4 rings (SSSR count). The highest BCUT2D eigenvalue weighted by molar-refractivity contribution is 7.84. The van der Waals surface area contributed by atoms with Gasteiger partial charge in [-0.3, -0.25) is 0 Å². The van der Waals surface area contributed by atoms with E-state index < -0.39 is 21.5 Å². The molecule has 152 valence electrons. The highest BCUT2D eigenvalue weighted by Gasteiger charge is 2.33. The molecule has 2 aliphatic rings. The Balaban J connectivity index is 1.78. The lowest BCUT2D eigenvalue weighted by atomic mass is 10.1. The molecule has 7 nitrogen and oxygen atoms in total. The Morgan fingerprint density at radius 1 is 1.32 bits per heavy atom. The number of ether oxygens (including phenoxy) is 2. The van der Waals surface area contributed by atoms with Gasteiger partial charge in [-0.15, -0.1) is 0 Å². The van der Waals surface area contributed by atoms with Crippen molar-refractivity contribution in [2.24, 2.45) is 0 Å². The van der Waals surface area contributed by atoms with Gasteiger partial charge in [-0.2, -0.15) is 0 Å². The molecule has 1 aromatic carbocycles. The Bertz CT molecular complexity index is 934. The Kier molecular flexibility index (Phi) is 5.01. The van der Waals surface area contributed by atoms with Crippen molar-refractivity contribution in [2.45, 2.75) is 44.5 Å². The van der Waals surface area contributed by atoms with Gasteiger partial charge in [-0.25, -0.2) is 23.3 Å². The third-order valence-corrected chi connectivity index (χ3v) is 6.61. The molecule has 1 aromatic heterocycles. The lowest BCUT2D eigenvalue weighted by Crippen LogP contribution is -2.51. The summed E-state index contributed by atoms with van der Waals surface area (Å²) in [6.07, 6.45) is 0. The Hall–Kier alpha value is -1.84. The van der Waals surface area contributed by atoms with Gasteiger partial charge in [-0.1, -0.05) is 0 Å². The number of nitrogens with zero attached hydrogens (tertiary/aromatic N) is 3. The summed E-state index contributed by atoms with van der Waals surface area (Å²) in [5.41, 5.74) is 1.63. The molecule has 1 N–H and O–H groups in total. The number of fused-ring (bicyclic) bond motifs is 4. The van der Waals surface area contributed by atoms with Crippen LogP contribution in [-0.2, 0) is 15.7 Å². The van der Waals surface area contributed by atoms with E-state index in [9.17, 15) is 8.60 Å². The highest BCUT2D eigenvalue weighted by atomic mass is 32.2. The summed E-state index contributed by atoms with van der Waals surface area (Å²) in [4.78, 5) is 11.5. The zero-order valence-corrected chi connectivity index (χ0v) is 17.3. The first-order chi connectivity index (χ1) is 13.2. The van der Waals surface area contributed by atoms with Crippen LogP contribution in [0.1, 0.15) is 39.3 Å². The number of halogens is 1. The molecular formula is C19H25FN4O3S. The van der Waals surface area contributed by atoms with E-state index >= 15 is 0 Å². The first-order valence-electron chi connectivity index (χ1n) is 9.40. The van der Waals surface area contributed by atoms with Crippen molar-refractivity contribution in [1.29, 1.82) is 0 Å². The van der Waals surface area contributed by atoms with Crippen LogP contribution in [0.15, 0.2) is 12.1 Å². The van der Waals surface area contributed by atoms with Gasteiger partial charge in [0.05, 0.1) is 46.0 Å². The van der Waals surface area contributed by atoms with Crippen molar-refractivity contribution in [2.75, 3.05) is 31.3 Å². The largest absolute Gasteiger partial charge is 0.473 e. The summed E-state index contributed by atoms with van der Waals surface area (Å²) in [5.74, 6) is 0.664. The van der Waals surface area contributed by atoms with E-state index in [0.717, 1.165) is 0 Å². The van der Waals surface area contributed by atoms with Gasteiger partial charge in [-0.05, 0) is 33.8 Å². The van der Waals surface area contributed by atoms with Crippen molar-refractivity contribution < 1.29 is 18.1 Å². The SMILES string of the molecule is C[C@@H](N[S@](=O)C(C)(C)C)c1cc(F)cc2nc3c(nc12)N1CCOC[C@H]1CO3. The number of hydrogen-bond donors (Lipinski definition) is 1. The van der Waals surface area contributed by atoms with E-state index in [-0.39, 0.29) is 12.1 Å². The lowest BCUT2D eigenvalue weighted by molar-refractivity contribution is 0.0686. The molecule has 2 aromatic rings. The average molecular weight is 408 g/mol. The lowest BCUT2D eigenvalue weighted by Gasteiger charge is -2.39. The Labute approximate surface area is 166 Å². The maximum atomic E-state index is 14.3. The van der Waals surface area contributed by atoms with Crippen LogP contribution in [0.5, 0.6) is 5.88 Å². The molecule has 1 fully saturated rings. The van der Waals surface area contributed by atoms with Gasteiger partial charge in [0.25, 0.3) is 5.88 Å². The molecule has 3 atom stereocenters. The summed E-state index contributed by atoms with van der Waals surface area (Å²) in [5, 5.41) is 0. The Morgan fingerprint density at radius 3 is 2.86 bits per heavy atom. The van der Waals surface area contributed by atoms with E-state index in [2.05, 4.69) is 14.6 Å². The summed E-state index contributed by atoms with van der Waals surface area (Å²) in [6, 6.07) is 2.52. The van der Waals surface area contributed by atoms with E-state index in [0.29, 0.717) is 54.7 Å². The molecule has 9 heteroatoms. The summed E-state index contributed by atoms with van der Waals surface area (Å²) >= 11 is 0. The standard InChI is InChI=1S/C19H25FN4O3S/c1-11(23-28(25)19(2,3)4)14-7-12(20)8-15-16(14)22-17-18(21-15)27-10-13-9-26-6-5-24(13)17/h7-8,11,13,23H,5-6,9-10H2,1-4H3/t11-,13+,28-/m1/s1. The van der Waals surface area contributed by atoms with Crippen molar-refractivity contribution in [1.82, 2.24) is 14.7 Å². The van der Waals surface area contributed by atoms with Crippen LogP contribution in [0.2, 0.25) is 0 Å². The normalized spacial score (nSPS) is 21.6. The summed E-state index contributed by atoms with van der Waals surface area (Å²) in [7, 11) is -1.30. The summed E-state index contributed by atoms with van der Waals surface area (Å²) < 4.78 is 40.7. The van der Waals surface area contributed by atoms with Gasteiger partial charge in [0.2, 0.25) is 0 Å². The second kappa shape index (κ2) is 7.20. The summed E-state index contributed by atoms with van der Waals surface area (Å²) in [6.45, 7) is 9.90. The van der Waals surface area contributed by atoms with Crippen LogP contribution in [0, 0.1) is 5.82 Å². The van der Waals surface area contributed by atoms with E-state index in [1.54, 1.807) is 0 Å². The topological polar surface area (TPSA) is 76.6 Å². The molecule has 0 bridgehead atoms. The van der Waals surface area contributed by atoms with Crippen LogP contribution in [0.3, 0.4) is 0 Å². The quantitative estimate of drug-likeness (QED) is 0.841. The van der Waals surface area contributed by atoms with Crippen LogP contribution < -0.4 is 14.4 Å². The number of anilines is 1. The third kappa shape index (κ3) is 3.58. The predicted molar refractivity (Wildman–Crippen MR) is 106 cm³/mol. The fourth-order valence-electron chi connectivity index (χ4n) is 3.39. The number of morpholine rings is 1. The fourth-order valence-corrected chi connectivity index (χ4v) is 4.19. The molecule has 0 unspecified atom stereocenters. The van der Waals surface area contributed by atoms with Crippen molar-refractivity contribution in [3.8, 4) is 5.88 Å². The average Bonchev–Trinajstić information content (AvgIpc) is 2.65. The fraction of sp³-hybridized carbons (Fsp3) is 0.579. The van der Waals surface area contributed by atoms with Crippen molar-refractivity contribution in [3.63, 3.8) is 0 Å². The predicted octanol–water partition coefficient (Wildman–Crippen LogP) is 2.48. The minimum atomic E-state index is -1.30. The first-order valence-corrected chi connectivity index (χ1v) is 10.6. The van der Waals surface area contributed by atoms with Gasteiger partial charge in [0, 0.05) is 24.2 Å². The van der Waals surface area contributed by atoms with E-state index in [4.69, 9.17) is 14.5 Å². The molecule has 1 saturated heterocycles. The van der Waals surface area contributed by atoms with E-state index in [1.807, 2.05) is 27.7 Å². The number of aromatic nitrogens is 2. The smallest absolute Gasteiger partial charge is 0.258 e. The number of benzene rings is 1. The minimum Gasteiger partial charge on any atom is -0.473 e. The Morgan fingerprint density at radius 2 is 2.11 bits per heavy atom. The maximum Gasteiger partial charge on any atom is 0.258 e. The molecule has 2 aliphatic heterocycles. The molecule has 3 heterocycles. The molecule has 0 aliphatic carbocycles. The van der Waals surface area contributed by atoms with Crippen LogP contribution in [0.4, 0.5) is 10.2 Å². The van der Waals surface area contributed by atoms with Gasteiger partial charge < -0.3 is 14.4 Å². The highest BCUT2D eigenvalue weighted by Crippen LogP contribution is 2.35. The monoisotopic (exact) mass is 408 g/mol. The first kappa shape index (κ1) is 19.5. The molecule has 0 radical (unpaired) electrons. The van der Waals surface area contributed by atoms with Crippen LogP contribution in [-0.4, -0.2) is 51.3 Å². The number of rotatable bonds is 3. The zero-order chi connectivity index (χ0) is 20.1. The van der Waals surface area contributed by atoms with Gasteiger partial charge in [0.1, 0.15) is 12.4 Å². The van der Waals surface area contributed by atoms with Crippen LogP contribution >= 0.6 is 0 Å². The van der Waals surface area contributed by atoms with Gasteiger partial charge >= 0.3 is 0 Å². The number of nitrogens with one attached hydrogen (secondary N) is 1. The number of hydrogen-bond acceptors (Lipinski definition) is 6. The molecule has 0 amide bonds. The van der Waals surface area contributed by atoms with Crippen molar-refractivity contribution in [3.05, 3.63) is 23.5 Å². The van der Waals surface area contributed by atoms with Crippen molar-refractivity contribution >= 4 is 27.8 Å². The zero-order valence-electron chi connectivity index (χ0n) is 16.5. The van der Waals surface area contributed by atoms with Crippen LogP contribution in [0.25, 0.3) is 11.0 Å². The van der Waals surface area contributed by atoms with Gasteiger partial charge in [0.15, 0.2) is 5.82 Å². The molecule has 0 spiro atoms. The molecule has 0 saturated carbocycles. The molecule has 28 heavy (non-hydrogen) atoms. The van der Waals surface area contributed by atoms with E-state index in [1.165, 1.54) is 12.1 Å². The second-order valence-electron chi connectivity index (χ2n) is 8.17. The maximum absolute atomic E-state index is 14.3.